The summed E-state index contributed by atoms with van der Waals surface area (Å²) in [6, 6.07) is 12.9. The van der Waals surface area contributed by atoms with Crippen molar-refractivity contribution in [2.24, 2.45) is 4.99 Å². The molecular weight excluding hydrogens is 398 g/mol. The van der Waals surface area contributed by atoms with Gasteiger partial charge in [-0.15, -0.1) is 0 Å². The van der Waals surface area contributed by atoms with Gasteiger partial charge in [0.05, 0.1) is 25.3 Å². The van der Waals surface area contributed by atoms with E-state index in [0.717, 1.165) is 17.1 Å². The molecule has 3 rings (SSSR count). The molecule has 2 aromatic rings. The number of nitrogens with zero attached hydrogens (tertiary/aromatic N) is 1. The molecular formula is C23H31N3O5. The monoisotopic (exact) mass is 429 g/mol. The fourth-order valence-electron chi connectivity index (χ4n) is 2.97. The van der Waals surface area contributed by atoms with Crippen molar-refractivity contribution in [3.8, 4) is 23.0 Å². The van der Waals surface area contributed by atoms with Gasteiger partial charge in [-0.1, -0.05) is 12.1 Å². The Morgan fingerprint density at radius 3 is 2.55 bits per heavy atom. The SMILES string of the molecule is CCNC(=NCC(O)c1ccc(OC(C)C)cc1)NCCOc1ccc2c(c1)OCO2. The molecule has 0 saturated heterocycles. The molecule has 0 spiro atoms. The Kier molecular flexibility index (Phi) is 8.23. The van der Waals surface area contributed by atoms with E-state index in [1.807, 2.05) is 63.2 Å². The lowest BCUT2D eigenvalue weighted by atomic mass is 10.1. The van der Waals surface area contributed by atoms with Crippen LogP contribution in [0.3, 0.4) is 0 Å². The second kappa shape index (κ2) is 11.3. The summed E-state index contributed by atoms with van der Waals surface area (Å²) in [5.41, 5.74) is 0.793. The summed E-state index contributed by atoms with van der Waals surface area (Å²) in [6.07, 6.45) is -0.586. The van der Waals surface area contributed by atoms with Crippen LogP contribution in [0.25, 0.3) is 0 Å². The average Bonchev–Trinajstić information content (AvgIpc) is 3.22. The first-order valence-corrected chi connectivity index (χ1v) is 10.5. The van der Waals surface area contributed by atoms with Crippen molar-refractivity contribution in [2.75, 3.05) is 33.0 Å². The third kappa shape index (κ3) is 6.96. The van der Waals surface area contributed by atoms with Crippen LogP contribution in [0, 0.1) is 0 Å². The Morgan fingerprint density at radius 1 is 1.06 bits per heavy atom. The molecule has 1 unspecified atom stereocenters. The van der Waals surface area contributed by atoms with Crippen molar-refractivity contribution < 1.29 is 24.1 Å². The minimum Gasteiger partial charge on any atom is -0.492 e. The quantitative estimate of drug-likeness (QED) is 0.304. The summed E-state index contributed by atoms with van der Waals surface area (Å²) >= 11 is 0. The first-order chi connectivity index (χ1) is 15.0. The van der Waals surface area contributed by atoms with Gasteiger partial charge in [0.1, 0.15) is 18.1 Å². The minimum atomic E-state index is -0.701. The summed E-state index contributed by atoms with van der Waals surface area (Å²) in [4.78, 5) is 4.47. The van der Waals surface area contributed by atoms with Gasteiger partial charge in [-0.25, -0.2) is 0 Å². The Labute approximate surface area is 183 Å². The van der Waals surface area contributed by atoms with Crippen LogP contribution < -0.4 is 29.6 Å². The minimum absolute atomic E-state index is 0.114. The topological polar surface area (TPSA) is 93.6 Å². The van der Waals surface area contributed by atoms with Crippen LogP contribution in [-0.4, -0.2) is 50.2 Å². The Hall–Kier alpha value is -3.13. The van der Waals surface area contributed by atoms with Gasteiger partial charge in [-0.2, -0.15) is 0 Å². The summed E-state index contributed by atoms with van der Waals surface area (Å²) < 4.78 is 22.0. The lowest BCUT2D eigenvalue weighted by Crippen LogP contribution is -2.39. The third-order valence-electron chi connectivity index (χ3n) is 4.41. The average molecular weight is 430 g/mol. The lowest BCUT2D eigenvalue weighted by Gasteiger charge is -2.14. The van der Waals surface area contributed by atoms with E-state index in [2.05, 4.69) is 15.6 Å². The number of aliphatic hydroxyl groups excluding tert-OH is 1. The first kappa shape index (κ1) is 22.6. The van der Waals surface area contributed by atoms with Gasteiger partial charge in [0.25, 0.3) is 0 Å². The zero-order valence-corrected chi connectivity index (χ0v) is 18.3. The molecule has 8 nitrogen and oxygen atoms in total. The Bertz CT molecular complexity index is 855. The molecule has 2 aromatic carbocycles. The molecule has 168 valence electrons. The van der Waals surface area contributed by atoms with Crippen molar-refractivity contribution in [2.45, 2.75) is 33.0 Å². The predicted octanol–water partition coefficient (Wildman–Crippen LogP) is 2.87. The molecule has 1 atom stereocenters. The zero-order valence-electron chi connectivity index (χ0n) is 18.3. The van der Waals surface area contributed by atoms with Crippen molar-refractivity contribution in [1.29, 1.82) is 0 Å². The standard InChI is InChI=1S/C23H31N3O5/c1-4-24-23(25-11-12-28-19-9-10-21-22(13-19)30-15-29-21)26-14-20(27)17-5-7-18(8-6-17)31-16(2)3/h5-10,13,16,20,27H,4,11-12,14-15H2,1-3H3,(H2,24,25,26). The van der Waals surface area contributed by atoms with E-state index < -0.39 is 6.10 Å². The largest absolute Gasteiger partial charge is 0.492 e. The van der Waals surface area contributed by atoms with Crippen LogP contribution in [0.15, 0.2) is 47.5 Å². The Morgan fingerprint density at radius 2 is 1.81 bits per heavy atom. The maximum Gasteiger partial charge on any atom is 0.231 e. The van der Waals surface area contributed by atoms with Crippen molar-refractivity contribution >= 4 is 5.96 Å². The van der Waals surface area contributed by atoms with Gasteiger partial charge >= 0.3 is 0 Å². The zero-order chi connectivity index (χ0) is 22.1. The van der Waals surface area contributed by atoms with Gasteiger partial charge in [0, 0.05) is 12.6 Å². The molecule has 1 aliphatic rings. The number of rotatable bonds is 10. The second-order valence-corrected chi connectivity index (χ2v) is 7.26. The fraction of sp³-hybridized carbons (Fsp3) is 0.435. The van der Waals surface area contributed by atoms with E-state index in [1.165, 1.54) is 0 Å². The van der Waals surface area contributed by atoms with Gasteiger partial charge in [-0.05, 0) is 50.6 Å². The molecule has 1 aliphatic heterocycles. The number of hydrogen-bond acceptors (Lipinski definition) is 6. The van der Waals surface area contributed by atoms with Crippen LogP contribution in [0.1, 0.15) is 32.4 Å². The van der Waals surface area contributed by atoms with E-state index >= 15 is 0 Å². The first-order valence-electron chi connectivity index (χ1n) is 10.5. The van der Waals surface area contributed by atoms with Crippen LogP contribution in [0.2, 0.25) is 0 Å². The molecule has 0 aliphatic carbocycles. The van der Waals surface area contributed by atoms with Gasteiger partial charge < -0.3 is 34.7 Å². The summed E-state index contributed by atoms with van der Waals surface area (Å²) in [7, 11) is 0. The van der Waals surface area contributed by atoms with E-state index in [4.69, 9.17) is 18.9 Å². The number of hydrogen-bond donors (Lipinski definition) is 3. The van der Waals surface area contributed by atoms with Crippen molar-refractivity contribution in [3.63, 3.8) is 0 Å². The Balaban J connectivity index is 1.45. The number of fused-ring (bicyclic) bond motifs is 1. The molecule has 1 heterocycles. The number of nitrogens with one attached hydrogen (secondary N) is 2. The van der Waals surface area contributed by atoms with Crippen LogP contribution in [0.5, 0.6) is 23.0 Å². The van der Waals surface area contributed by atoms with Gasteiger partial charge in [0.2, 0.25) is 6.79 Å². The summed E-state index contributed by atoms with van der Waals surface area (Å²) in [5, 5.41) is 16.8. The number of aliphatic hydroxyl groups is 1. The normalized spacial score (nSPS) is 13.8. The third-order valence-corrected chi connectivity index (χ3v) is 4.41. The van der Waals surface area contributed by atoms with E-state index in [0.29, 0.717) is 37.2 Å². The van der Waals surface area contributed by atoms with Gasteiger partial charge in [-0.3, -0.25) is 4.99 Å². The smallest absolute Gasteiger partial charge is 0.231 e. The maximum absolute atomic E-state index is 10.5. The molecule has 3 N–H and O–H groups in total. The maximum atomic E-state index is 10.5. The number of benzene rings is 2. The molecule has 0 radical (unpaired) electrons. The highest BCUT2D eigenvalue weighted by Gasteiger charge is 2.13. The van der Waals surface area contributed by atoms with Gasteiger partial charge in [0.15, 0.2) is 17.5 Å². The molecule has 0 bridgehead atoms. The number of aliphatic imine (C=N–C) groups is 1. The molecule has 0 saturated carbocycles. The molecule has 0 amide bonds. The van der Waals surface area contributed by atoms with E-state index in [9.17, 15) is 5.11 Å². The van der Waals surface area contributed by atoms with Crippen molar-refractivity contribution in [3.05, 3.63) is 48.0 Å². The predicted molar refractivity (Wildman–Crippen MR) is 119 cm³/mol. The summed E-state index contributed by atoms with van der Waals surface area (Å²) in [5.74, 6) is 3.54. The molecule has 0 aromatic heterocycles. The van der Waals surface area contributed by atoms with Crippen LogP contribution in [0.4, 0.5) is 0 Å². The fourth-order valence-corrected chi connectivity index (χ4v) is 2.97. The van der Waals surface area contributed by atoms with Crippen molar-refractivity contribution in [1.82, 2.24) is 10.6 Å². The van der Waals surface area contributed by atoms with Crippen LogP contribution in [-0.2, 0) is 0 Å². The second-order valence-electron chi connectivity index (χ2n) is 7.26. The van der Waals surface area contributed by atoms with E-state index in [1.54, 1.807) is 0 Å². The van der Waals surface area contributed by atoms with E-state index in [-0.39, 0.29) is 19.4 Å². The molecule has 31 heavy (non-hydrogen) atoms. The number of ether oxygens (including phenoxy) is 4. The highest BCUT2D eigenvalue weighted by atomic mass is 16.7. The summed E-state index contributed by atoms with van der Waals surface area (Å²) in [6.45, 7) is 8.14. The number of guanidine groups is 1. The molecule has 0 fully saturated rings. The lowest BCUT2D eigenvalue weighted by molar-refractivity contribution is 0.173. The highest BCUT2D eigenvalue weighted by Crippen LogP contribution is 2.34. The van der Waals surface area contributed by atoms with Crippen LogP contribution >= 0.6 is 0 Å². The molecule has 8 heteroatoms. The highest BCUT2D eigenvalue weighted by molar-refractivity contribution is 5.79.